The molecule has 0 aliphatic carbocycles. The van der Waals surface area contributed by atoms with Gasteiger partial charge >= 0.3 is 0 Å². The molecule has 6 nitrogen and oxygen atoms in total. The predicted octanol–water partition coefficient (Wildman–Crippen LogP) is 5.38. The van der Waals surface area contributed by atoms with Crippen LogP contribution in [0.1, 0.15) is 22.2 Å². The summed E-state index contributed by atoms with van der Waals surface area (Å²) in [5.41, 5.74) is 3.66. The largest absolute Gasteiger partial charge is 0.283 e. The molecule has 0 bridgehead atoms. The normalized spacial score (nSPS) is 11.6. The van der Waals surface area contributed by atoms with Gasteiger partial charge in [-0.2, -0.15) is 5.10 Å². The summed E-state index contributed by atoms with van der Waals surface area (Å²) >= 11 is 11.0. The van der Waals surface area contributed by atoms with Crippen molar-refractivity contribution in [1.82, 2.24) is 5.43 Å². The number of amides is 1. The van der Waals surface area contributed by atoms with E-state index in [1.807, 2.05) is 18.2 Å². The second kappa shape index (κ2) is 7.53. The van der Waals surface area contributed by atoms with Gasteiger partial charge < -0.3 is 0 Å². The SMILES string of the molecule is C/C(=N\NC(=O)c1sc2cc(Br)ccc2c1Cl)c1ccc([N+](=O)[O-])cc1. The van der Waals surface area contributed by atoms with E-state index in [9.17, 15) is 14.9 Å². The first-order valence-electron chi connectivity index (χ1n) is 7.34. The van der Waals surface area contributed by atoms with E-state index in [1.54, 1.807) is 19.1 Å². The highest BCUT2D eigenvalue weighted by Crippen LogP contribution is 2.36. The fraction of sp³-hybridized carbons (Fsp3) is 0.0588. The maximum absolute atomic E-state index is 12.4. The Hall–Kier alpha value is -2.29. The Kier molecular flexibility index (Phi) is 5.36. The average molecular weight is 453 g/mol. The number of halogens is 2. The first kappa shape index (κ1) is 18.5. The summed E-state index contributed by atoms with van der Waals surface area (Å²) in [4.78, 5) is 23.0. The second-order valence-electron chi connectivity index (χ2n) is 5.33. The van der Waals surface area contributed by atoms with Crippen LogP contribution in [-0.2, 0) is 0 Å². The first-order chi connectivity index (χ1) is 12.4. The minimum Gasteiger partial charge on any atom is -0.266 e. The molecular weight excluding hydrogens is 442 g/mol. The van der Waals surface area contributed by atoms with Crippen LogP contribution in [0.15, 0.2) is 52.0 Å². The van der Waals surface area contributed by atoms with Crippen LogP contribution in [0.2, 0.25) is 5.02 Å². The molecule has 1 aromatic heterocycles. The summed E-state index contributed by atoms with van der Waals surface area (Å²) in [6.45, 7) is 1.70. The van der Waals surface area contributed by atoms with Crippen molar-refractivity contribution >= 4 is 66.3 Å². The van der Waals surface area contributed by atoms with Gasteiger partial charge in [0.1, 0.15) is 4.88 Å². The van der Waals surface area contributed by atoms with Crippen LogP contribution in [0.4, 0.5) is 5.69 Å². The monoisotopic (exact) mass is 451 g/mol. The molecule has 1 amide bonds. The molecule has 0 atom stereocenters. The molecule has 0 radical (unpaired) electrons. The molecule has 132 valence electrons. The number of nitro benzene ring substituents is 1. The number of fused-ring (bicyclic) bond motifs is 1. The Balaban J connectivity index is 1.80. The van der Waals surface area contributed by atoms with Crippen LogP contribution in [0, 0.1) is 10.1 Å². The molecule has 2 aromatic carbocycles. The number of hydrogen-bond acceptors (Lipinski definition) is 5. The van der Waals surface area contributed by atoms with Gasteiger partial charge in [-0.15, -0.1) is 11.3 Å². The fourth-order valence-electron chi connectivity index (χ4n) is 2.26. The van der Waals surface area contributed by atoms with Crippen LogP contribution in [0.25, 0.3) is 10.1 Å². The molecule has 3 rings (SSSR count). The van der Waals surface area contributed by atoms with Crippen LogP contribution in [-0.4, -0.2) is 16.5 Å². The van der Waals surface area contributed by atoms with Gasteiger partial charge in [-0.05, 0) is 36.8 Å². The number of carbonyl (C=O) groups excluding carboxylic acids is 1. The number of rotatable bonds is 4. The van der Waals surface area contributed by atoms with Crippen molar-refractivity contribution < 1.29 is 9.72 Å². The highest BCUT2D eigenvalue weighted by Gasteiger charge is 2.17. The molecule has 0 spiro atoms. The van der Waals surface area contributed by atoms with Gasteiger partial charge in [-0.1, -0.05) is 33.6 Å². The van der Waals surface area contributed by atoms with Gasteiger partial charge in [0.2, 0.25) is 0 Å². The summed E-state index contributed by atoms with van der Waals surface area (Å²) in [5, 5.41) is 15.9. The molecule has 0 fully saturated rings. The van der Waals surface area contributed by atoms with E-state index in [4.69, 9.17) is 11.6 Å². The van der Waals surface area contributed by atoms with Crippen molar-refractivity contribution in [3.05, 3.63) is 72.5 Å². The van der Waals surface area contributed by atoms with Crippen LogP contribution < -0.4 is 5.43 Å². The lowest BCUT2D eigenvalue weighted by Gasteiger charge is -2.02. The van der Waals surface area contributed by atoms with Crippen molar-refractivity contribution in [1.29, 1.82) is 0 Å². The smallest absolute Gasteiger partial charge is 0.266 e. The van der Waals surface area contributed by atoms with E-state index in [0.717, 1.165) is 14.6 Å². The lowest BCUT2D eigenvalue weighted by molar-refractivity contribution is -0.384. The molecule has 3 aromatic rings. The molecular formula is C17H11BrClN3O3S. The number of nitrogens with zero attached hydrogens (tertiary/aromatic N) is 2. The van der Waals surface area contributed by atoms with Gasteiger partial charge in [0.25, 0.3) is 11.6 Å². The summed E-state index contributed by atoms with van der Waals surface area (Å²) in [7, 11) is 0. The van der Waals surface area contributed by atoms with Crippen LogP contribution in [0.5, 0.6) is 0 Å². The van der Waals surface area contributed by atoms with E-state index in [2.05, 4.69) is 26.5 Å². The molecule has 0 saturated heterocycles. The third-order valence-electron chi connectivity index (χ3n) is 3.62. The minimum absolute atomic E-state index is 0.00574. The van der Waals surface area contributed by atoms with Crippen LogP contribution in [0.3, 0.4) is 0 Å². The summed E-state index contributed by atoms with van der Waals surface area (Å²) in [6, 6.07) is 11.5. The topological polar surface area (TPSA) is 84.6 Å². The lowest BCUT2D eigenvalue weighted by atomic mass is 10.1. The number of thiophene rings is 1. The number of nitro groups is 1. The molecule has 26 heavy (non-hydrogen) atoms. The van der Waals surface area contributed by atoms with E-state index in [0.29, 0.717) is 21.2 Å². The number of benzene rings is 2. The minimum atomic E-state index is -0.472. The Morgan fingerprint density at radius 1 is 1.27 bits per heavy atom. The maximum Gasteiger partial charge on any atom is 0.283 e. The number of hydrogen-bond donors (Lipinski definition) is 1. The van der Waals surface area contributed by atoms with Gasteiger partial charge in [0.15, 0.2) is 0 Å². The van der Waals surface area contributed by atoms with E-state index < -0.39 is 10.8 Å². The Morgan fingerprint density at radius 3 is 2.62 bits per heavy atom. The zero-order chi connectivity index (χ0) is 18.8. The van der Waals surface area contributed by atoms with Crippen molar-refractivity contribution in [2.75, 3.05) is 0 Å². The number of carbonyl (C=O) groups is 1. The Labute approximate surface area is 165 Å². The number of non-ortho nitro benzene ring substituents is 1. The van der Waals surface area contributed by atoms with Gasteiger partial charge in [0.05, 0.1) is 15.7 Å². The maximum atomic E-state index is 12.4. The summed E-state index contributed by atoms with van der Waals surface area (Å²) < 4.78 is 1.80. The third-order valence-corrected chi connectivity index (χ3v) is 5.77. The highest BCUT2D eigenvalue weighted by molar-refractivity contribution is 9.10. The third kappa shape index (κ3) is 3.77. The van der Waals surface area contributed by atoms with Crippen molar-refractivity contribution in [2.45, 2.75) is 6.92 Å². The van der Waals surface area contributed by atoms with Gasteiger partial charge in [-0.25, -0.2) is 5.43 Å². The second-order valence-corrected chi connectivity index (χ2v) is 7.67. The van der Waals surface area contributed by atoms with Crippen molar-refractivity contribution in [3.8, 4) is 0 Å². The van der Waals surface area contributed by atoms with E-state index >= 15 is 0 Å². The molecule has 0 aliphatic rings. The molecule has 0 aliphatic heterocycles. The number of nitrogens with one attached hydrogen (secondary N) is 1. The zero-order valence-electron chi connectivity index (χ0n) is 13.3. The molecule has 1 N–H and O–H groups in total. The molecule has 0 unspecified atom stereocenters. The van der Waals surface area contributed by atoms with Gasteiger partial charge in [-0.3, -0.25) is 14.9 Å². The zero-order valence-corrected chi connectivity index (χ0v) is 16.5. The average Bonchev–Trinajstić information content (AvgIpc) is 2.95. The van der Waals surface area contributed by atoms with Gasteiger partial charge in [0, 0.05) is 26.7 Å². The van der Waals surface area contributed by atoms with E-state index in [1.165, 1.54) is 23.5 Å². The standard InChI is InChI=1S/C17H11BrClN3O3S/c1-9(10-2-5-12(6-3-10)22(24)25)20-21-17(23)16-15(19)13-7-4-11(18)8-14(13)26-16/h2-8H,1H3,(H,21,23)/b20-9+. The Morgan fingerprint density at radius 2 is 1.96 bits per heavy atom. The first-order valence-corrected chi connectivity index (χ1v) is 9.32. The van der Waals surface area contributed by atoms with E-state index in [-0.39, 0.29) is 5.69 Å². The van der Waals surface area contributed by atoms with Crippen LogP contribution >= 0.6 is 38.9 Å². The van der Waals surface area contributed by atoms with Crippen molar-refractivity contribution in [2.24, 2.45) is 5.10 Å². The highest BCUT2D eigenvalue weighted by atomic mass is 79.9. The van der Waals surface area contributed by atoms with Crippen molar-refractivity contribution in [3.63, 3.8) is 0 Å². The quantitative estimate of drug-likeness (QED) is 0.328. The Bertz CT molecular complexity index is 1050. The fourth-order valence-corrected chi connectivity index (χ4v) is 4.22. The lowest BCUT2D eigenvalue weighted by Crippen LogP contribution is -2.18. The predicted molar refractivity (Wildman–Crippen MR) is 107 cm³/mol. The molecule has 0 saturated carbocycles. The summed E-state index contributed by atoms with van der Waals surface area (Å²) in [5.74, 6) is -0.409. The molecule has 1 heterocycles. The molecule has 9 heteroatoms. The summed E-state index contributed by atoms with van der Waals surface area (Å²) in [6.07, 6.45) is 0. The number of hydrazone groups is 1.